The second-order valence-corrected chi connectivity index (χ2v) is 4.93. The highest BCUT2D eigenvalue weighted by molar-refractivity contribution is 5.38. The molecule has 2 unspecified atom stereocenters. The number of ether oxygens (including phenoxy) is 2. The first-order chi connectivity index (χ1) is 8.69. The molecule has 1 aromatic heterocycles. The van der Waals surface area contributed by atoms with E-state index in [0.717, 1.165) is 31.3 Å². The molecule has 1 aliphatic carbocycles. The number of aryl methyl sites for hydroxylation is 2. The van der Waals surface area contributed by atoms with E-state index in [1.54, 1.807) is 14.2 Å². The molecule has 5 heteroatoms. The molecular weight excluding hydrogens is 230 g/mol. The Balaban J connectivity index is 1.91. The maximum Gasteiger partial charge on any atom is 0.215 e. The zero-order valence-corrected chi connectivity index (χ0v) is 11.7. The fraction of sp³-hybridized carbons (Fsp3) is 0.769. The third-order valence-corrected chi connectivity index (χ3v) is 3.59. The molecule has 0 aliphatic heterocycles. The van der Waals surface area contributed by atoms with Gasteiger partial charge in [0.15, 0.2) is 0 Å². The second kappa shape index (κ2) is 5.71. The van der Waals surface area contributed by atoms with E-state index in [1.807, 2.05) is 11.7 Å². The van der Waals surface area contributed by atoms with Crippen molar-refractivity contribution in [1.29, 1.82) is 0 Å². The number of hydrogen-bond donors (Lipinski definition) is 1. The van der Waals surface area contributed by atoms with Crippen molar-refractivity contribution in [2.45, 2.75) is 19.3 Å². The van der Waals surface area contributed by atoms with Gasteiger partial charge < -0.3 is 14.8 Å². The minimum absolute atomic E-state index is 0.601. The van der Waals surface area contributed by atoms with Gasteiger partial charge in [0.25, 0.3) is 0 Å². The van der Waals surface area contributed by atoms with Gasteiger partial charge in [-0.05, 0) is 31.7 Å². The monoisotopic (exact) mass is 253 g/mol. The molecule has 102 valence electrons. The molecule has 0 saturated heterocycles. The summed E-state index contributed by atoms with van der Waals surface area (Å²) in [4.78, 5) is 0. The van der Waals surface area contributed by atoms with E-state index < -0.39 is 0 Å². The van der Waals surface area contributed by atoms with E-state index in [4.69, 9.17) is 9.47 Å². The van der Waals surface area contributed by atoms with Crippen LogP contribution in [0.3, 0.4) is 0 Å². The van der Waals surface area contributed by atoms with Crippen molar-refractivity contribution in [1.82, 2.24) is 15.1 Å². The van der Waals surface area contributed by atoms with Crippen LogP contribution in [0, 0.1) is 12.8 Å². The summed E-state index contributed by atoms with van der Waals surface area (Å²) in [6, 6.07) is 0. The summed E-state index contributed by atoms with van der Waals surface area (Å²) in [5.41, 5.74) is 2.39. The molecule has 1 heterocycles. The van der Waals surface area contributed by atoms with Crippen LogP contribution in [0.25, 0.3) is 0 Å². The van der Waals surface area contributed by atoms with E-state index in [9.17, 15) is 0 Å². The molecule has 1 saturated carbocycles. The molecule has 1 aliphatic rings. The van der Waals surface area contributed by atoms with Crippen LogP contribution in [0.4, 0.5) is 0 Å². The van der Waals surface area contributed by atoms with Gasteiger partial charge in [0, 0.05) is 26.3 Å². The largest absolute Gasteiger partial charge is 0.481 e. The van der Waals surface area contributed by atoms with Crippen LogP contribution in [-0.2, 0) is 11.8 Å². The third-order valence-electron chi connectivity index (χ3n) is 3.59. The quantitative estimate of drug-likeness (QED) is 0.739. The molecule has 2 atom stereocenters. The molecule has 1 fully saturated rings. The van der Waals surface area contributed by atoms with E-state index in [1.165, 1.54) is 12.0 Å². The van der Waals surface area contributed by atoms with Gasteiger partial charge in [-0.3, -0.25) is 0 Å². The first-order valence-corrected chi connectivity index (χ1v) is 6.46. The third kappa shape index (κ3) is 2.67. The first kappa shape index (κ1) is 13.4. The van der Waals surface area contributed by atoms with Crippen molar-refractivity contribution in [3.63, 3.8) is 0 Å². The van der Waals surface area contributed by atoms with Gasteiger partial charge in [-0.15, -0.1) is 0 Å². The number of hydrogen-bond acceptors (Lipinski definition) is 4. The van der Waals surface area contributed by atoms with E-state index in [2.05, 4.69) is 17.3 Å². The van der Waals surface area contributed by atoms with Crippen molar-refractivity contribution in [2.24, 2.45) is 13.0 Å². The molecular formula is C13H23N3O2. The lowest BCUT2D eigenvalue weighted by Gasteiger charge is -2.05. The molecule has 1 N–H and O–H groups in total. The minimum Gasteiger partial charge on any atom is -0.481 e. The minimum atomic E-state index is 0.601. The van der Waals surface area contributed by atoms with Crippen molar-refractivity contribution in [3.8, 4) is 5.88 Å². The first-order valence-electron chi connectivity index (χ1n) is 6.46. The van der Waals surface area contributed by atoms with Gasteiger partial charge in [-0.2, -0.15) is 5.10 Å². The van der Waals surface area contributed by atoms with E-state index >= 15 is 0 Å². The Labute approximate surface area is 108 Å². The highest BCUT2D eigenvalue weighted by Crippen LogP contribution is 2.51. The predicted molar refractivity (Wildman–Crippen MR) is 70.1 cm³/mol. The van der Waals surface area contributed by atoms with Gasteiger partial charge in [0.05, 0.1) is 19.4 Å². The maximum absolute atomic E-state index is 5.45. The van der Waals surface area contributed by atoms with Crippen molar-refractivity contribution in [3.05, 3.63) is 11.3 Å². The fourth-order valence-corrected chi connectivity index (χ4v) is 2.61. The standard InChI is InChI=1S/C13H23N3O2/c1-9-12(13(18-4)16(2)15-9)11-7-10(11)8-14-5-6-17-3/h10-11,14H,5-8H2,1-4H3. The average molecular weight is 253 g/mol. The molecule has 0 bridgehead atoms. The smallest absolute Gasteiger partial charge is 0.215 e. The number of nitrogens with zero attached hydrogens (tertiary/aromatic N) is 2. The van der Waals surface area contributed by atoms with Crippen LogP contribution < -0.4 is 10.1 Å². The van der Waals surface area contributed by atoms with Crippen LogP contribution in [0.15, 0.2) is 0 Å². The molecule has 0 amide bonds. The normalized spacial score (nSPS) is 22.2. The maximum atomic E-state index is 5.45. The predicted octanol–water partition coefficient (Wildman–Crippen LogP) is 1.08. The van der Waals surface area contributed by atoms with E-state index in [-0.39, 0.29) is 0 Å². The Morgan fingerprint density at radius 2 is 2.22 bits per heavy atom. The van der Waals surface area contributed by atoms with Crippen molar-refractivity contribution < 1.29 is 9.47 Å². The van der Waals surface area contributed by atoms with Crippen LogP contribution >= 0.6 is 0 Å². The number of aromatic nitrogens is 2. The van der Waals surface area contributed by atoms with Crippen LogP contribution in [0.2, 0.25) is 0 Å². The van der Waals surface area contributed by atoms with Gasteiger partial charge in [-0.1, -0.05) is 0 Å². The van der Waals surface area contributed by atoms with Crippen LogP contribution in [0.1, 0.15) is 23.6 Å². The number of rotatable bonds is 7. The van der Waals surface area contributed by atoms with Gasteiger partial charge in [0.2, 0.25) is 5.88 Å². The van der Waals surface area contributed by atoms with Crippen LogP contribution in [0.5, 0.6) is 5.88 Å². The Bertz CT molecular complexity index is 403. The highest BCUT2D eigenvalue weighted by Gasteiger charge is 2.42. The topological polar surface area (TPSA) is 48.3 Å². The molecule has 18 heavy (non-hydrogen) atoms. The second-order valence-electron chi connectivity index (χ2n) is 4.93. The zero-order valence-electron chi connectivity index (χ0n) is 11.7. The Morgan fingerprint density at radius 1 is 1.44 bits per heavy atom. The molecule has 0 radical (unpaired) electrons. The average Bonchev–Trinajstić information content (AvgIpc) is 3.03. The lowest BCUT2D eigenvalue weighted by Crippen LogP contribution is -2.21. The number of nitrogens with one attached hydrogen (secondary N) is 1. The van der Waals surface area contributed by atoms with Gasteiger partial charge in [-0.25, -0.2) is 4.68 Å². The molecule has 5 nitrogen and oxygen atoms in total. The summed E-state index contributed by atoms with van der Waals surface area (Å²) in [5, 5.41) is 7.86. The zero-order chi connectivity index (χ0) is 13.1. The summed E-state index contributed by atoms with van der Waals surface area (Å²) in [6.07, 6.45) is 1.23. The molecule has 0 spiro atoms. The Hall–Kier alpha value is -1.07. The summed E-state index contributed by atoms with van der Waals surface area (Å²) in [6.45, 7) is 4.80. The van der Waals surface area contributed by atoms with Crippen molar-refractivity contribution >= 4 is 0 Å². The summed E-state index contributed by atoms with van der Waals surface area (Å²) in [7, 11) is 5.38. The summed E-state index contributed by atoms with van der Waals surface area (Å²) < 4.78 is 12.3. The fourth-order valence-electron chi connectivity index (χ4n) is 2.61. The van der Waals surface area contributed by atoms with Gasteiger partial charge >= 0.3 is 0 Å². The summed E-state index contributed by atoms with van der Waals surface area (Å²) >= 11 is 0. The SMILES string of the molecule is COCCNCC1CC1c1c(C)nn(C)c1OC. The highest BCUT2D eigenvalue weighted by atomic mass is 16.5. The lowest BCUT2D eigenvalue weighted by atomic mass is 10.1. The van der Waals surface area contributed by atoms with Crippen LogP contribution in [-0.4, -0.2) is 43.7 Å². The Kier molecular flexibility index (Phi) is 4.24. The van der Waals surface area contributed by atoms with E-state index in [0.29, 0.717) is 11.8 Å². The van der Waals surface area contributed by atoms with Gasteiger partial charge in [0.1, 0.15) is 0 Å². The molecule has 2 rings (SSSR count). The molecule has 1 aromatic rings. The number of methoxy groups -OCH3 is 2. The van der Waals surface area contributed by atoms with Crippen molar-refractivity contribution in [2.75, 3.05) is 33.9 Å². The molecule has 0 aromatic carbocycles. The Morgan fingerprint density at radius 3 is 2.89 bits per heavy atom. The lowest BCUT2D eigenvalue weighted by molar-refractivity contribution is 0.199. The summed E-state index contributed by atoms with van der Waals surface area (Å²) in [5.74, 6) is 2.22.